The fourth-order valence-electron chi connectivity index (χ4n) is 4.48. The minimum Gasteiger partial charge on any atom is -0.508 e. The highest BCUT2D eigenvalue weighted by molar-refractivity contribution is 8.01. The van der Waals surface area contributed by atoms with Crippen molar-refractivity contribution in [3.05, 3.63) is 53.6 Å². The molecule has 0 radical (unpaired) electrons. The third-order valence-corrected chi connectivity index (χ3v) is 14.0. The lowest BCUT2D eigenvalue weighted by atomic mass is 9.81. The SMILES string of the molecule is CC(=O)O.CCC[Si](CCC)(CSc1cc(C(C)(C)C)c(O)cc1C(C)(C)C)c1ccccc1. The molecule has 0 saturated carbocycles. The van der Waals surface area contributed by atoms with E-state index in [2.05, 4.69) is 91.8 Å². The summed E-state index contributed by atoms with van der Waals surface area (Å²) in [4.78, 5) is 10.4. The van der Waals surface area contributed by atoms with E-state index in [0.717, 1.165) is 12.5 Å². The number of rotatable bonds is 8. The molecular weight excluding hydrogens is 456 g/mol. The van der Waals surface area contributed by atoms with E-state index in [9.17, 15) is 5.11 Å². The Morgan fingerprint density at radius 3 is 1.76 bits per heavy atom. The summed E-state index contributed by atoms with van der Waals surface area (Å²) in [6.45, 7) is 19.1. The zero-order valence-electron chi connectivity index (χ0n) is 22.8. The molecule has 0 atom stereocenters. The zero-order valence-corrected chi connectivity index (χ0v) is 24.6. The monoisotopic (exact) mass is 502 g/mol. The van der Waals surface area contributed by atoms with Crippen LogP contribution >= 0.6 is 11.8 Å². The van der Waals surface area contributed by atoms with Gasteiger partial charge < -0.3 is 10.2 Å². The summed E-state index contributed by atoms with van der Waals surface area (Å²) < 4.78 is 0. The summed E-state index contributed by atoms with van der Waals surface area (Å²) in [6.07, 6.45) is 2.49. The van der Waals surface area contributed by atoms with Crippen molar-refractivity contribution in [2.24, 2.45) is 0 Å². The first kappa shape index (κ1) is 30.3. The second-order valence-electron chi connectivity index (χ2n) is 11.3. The maximum Gasteiger partial charge on any atom is 0.300 e. The molecule has 0 unspecified atom stereocenters. The summed E-state index contributed by atoms with van der Waals surface area (Å²) >= 11 is 2.05. The van der Waals surface area contributed by atoms with Crippen molar-refractivity contribution >= 4 is 31.0 Å². The Morgan fingerprint density at radius 2 is 1.35 bits per heavy atom. The number of carboxylic acids is 1. The normalized spacial score (nSPS) is 12.1. The van der Waals surface area contributed by atoms with Crippen LogP contribution in [0, 0.1) is 0 Å². The fourth-order valence-corrected chi connectivity index (χ4v) is 12.4. The van der Waals surface area contributed by atoms with Crippen molar-refractivity contribution in [3.8, 4) is 5.75 Å². The van der Waals surface area contributed by atoms with Crippen molar-refractivity contribution < 1.29 is 15.0 Å². The number of hydrogen-bond acceptors (Lipinski definition) is 3. The molecule has 0 aliphatic carbocycles. The first-order valence-electron chi connectivity index (χ1n) is 12.4. The van der Waals surface area contributed by atoms with Crippen molar-refractivity contribution in [2.45, 2.75) is 103 Å². The second kappa shape index (κ2) is 12.8. The number of carboxylic acid groups (broad SMARTS) is 1. The largest absolute Gasteiger partial charge is 0.508 e. The van der Waals surface area contributed by atoms with Crippen molar-refractivity contribution in [1.29, 1.82) is 0 Å². The lowest BCUT2D eigenvalue weighted by Crippen LogP contribution is -2.50. The fraction of sp³-hybridized carbons (Fsp3) is 0.552. The topological polar surface area (TPSA) is 57.5 Å². The number of aromatic hydroxyl groups is 1. The minimum atomic E-state index is -1.61. The van der Waals surface area contributed by atoms with E-state index in [-0.39, 0.29) is 10.8 Å². The van der Waals surface area contributed by atoms with E-state index >= 15 is 0 Å². The Kier molecular flexibility index (Phi) is 11.4. The summed E-state index contributed by atoms with van der Waals surface area (Å²) in [6, 6.07) is 18.3. The number of carbonyl (C=O) groups is 1. The van der Waals surface area contributed by atoms with Gasteiger partial charge in [-0.2, -0.15) is 0 Å². The minimum absolute atomic E-state index is 0.00268. The van der Waals surface area contributed by atoms with E-state index in [1.807, 2.05) is 17.8 Å². The Bertz CT molecular complexity index is 901. The first-order chi connectivity index (χ1) is 15.7. The van der Waals surface area contributed by atoms with Gasteiger partial charge in [0.05, 0.1) is 8.07 Å². The standard InChI is InChI=1S/C27H42OSSi.C2H4O2/c1-9-16-30(17-10-2,21-14-12-11-13-15-21)20-29-25-19-22(26(3,4)5)24(28)18-23(25)27(6,7)8;1-2(3)4/h11-15,18-19,28H,9-10,16-17,20H2,1-8H3;1H3,(H,3,4). The summed E-state index contributed by atoms with van der Waals surface area (Å²) in [7, 11) is -1.61. The summed E-state index contributed by atoms with van der Waals surface area (Å²) in [5.41, 5.74) is 2.25. The number of phenols is 1. The highest BCUT2D eigenvalue weighted by atomic mass is 32.2. The van der Waals surface area contributed by atoms with Gasteiger partial charge in [-0.3, -0.25) is 4.79 Å². The van der Waals surface area contributed by atoms with Gasteiger partial charge in [-0.05, 0) is 33.9 Å². The molecule has 0 amide bonds. The van der Waals surface area contributed by atoms with Gasteiger partial charge in [-0.25, -0.2) is 0 Å². The number of benzene rings is 2. The molecule has 190 valence electrons. The predicted molar refractivity (Wildman–Crippen MR) is 152 cm³/mol. The van der Waals surface area contributed by atoms with E-state index < -0.39 is 14.0 Å². The van der Waals surface area contributed by atoms with Gasteiger partial charge in [0.15, 0.2) is 0 Å². The Balaban J connectivity index is 0.00000133. The van der Waals surface area contributed by atoms with Crippen molar-refractivity contribution in [2.75, 3.05) is 5.38 Å². The predicted octanol–water partition coefficient (Wildman–Crippen LogP) is 7.89. The molecule has 0 spiro atoms. The molecule has 0 bridgehead atoms. The van der Waals surface area contributed by atoms with Crippen LogP contribution in [0.15, 0.2) is 47.4 Å². The van der Waals surface area contributed by atoms with Crippen LogP contribution in [-0.2, 0) is 15.6 Å². The second-order valence-corrected chi connectivity index (χ2v) is 17.3. The van der Waals surface area contributed by atoms with Crippen LogP contribution in [0.25, 0.3) is 0 Å². The zero-order chi connectivity index (χ0) is 26.2. The molecule has 0 aromatic heterocycles. The molecule has 2 N–H and O–H groups in total. The number of thioether (sulfide) groups is 1. The van der Waals surface area contributed by atoms with Crippen molar-refractivity contribution in [1.82, 2.24) is 0 Å². The van der Waals surface area contributed by atoms with E-state index in [0.29, 0.717) is 5.75 Å². The molecule has 0 fully saturated rings. The van der Waals surface area contributed by atoms with Crippen LogP contribution in [0.1, 0.15) is 86.3 Å². The van der Waals surface area contributed by atoms with Crippen LogP contribution in [0.5, 0.6) is 5.75 Å². The quantitative estimate of drug-likeness (QED) is 0.285. The van der Waals surface area contributed by atoms with E-state index in [1.54, 1.807) is 5.19 Å². The number of hydrogen-bond donors (Lipinski definition) is 2. The third kappa shape index (κ3) is 8.81. The molecule has 5 heteroatoms. The van der Waals surface area contributed by atoms with Gasteiger partial charge >= 0.3 is 0 Å². The first-order valence-corrected chi connectivity index (χ1v) is 16.0. The number of phenolic OH excluding ortho intramolecular Hbond substituents is 1. The molecule has 0 aliphatic heterocycles. The van der Waals surface area contributed by atoms with Gasteiger partial charge in [-0.1, -0.05) is 116 Å². The van der Waals surface area contributed by atoms with E-state index in [1.165, 1.54) is 40.8 Å². The average Bonchev–Trinajstić information content (AvgIpc) is 2.71. The molecule has 0 aliphatic rings. The van der Waals surface area contributed by atoms with Crippen LogP contribution in [-0.4, -0.2) is 29.6 Å². The third-order valence-electron chi connectivity index (χ3n) is 6.06. The van der Waals surface area contributed by atoms with Gasteiger partial charge in [0, 0.05) is 17.4 Å². The lowest BCUT2D eigenvalue weighted by Gasteiger charge is -2.33. The average molecular weight is 503 g/mol. The van der Waals surface area contributed by atoms with Gasteiger partial charge in [-0.15, -0.1) is 11.8 Å². The maximum absolute atomic E-state index is 10.8. The Morgan fingerprint density at radius 1 is 0.882 bits per heavy atom. The van der Waals surface area contributed by atoms with Crippen LogP contribution in [0.4, 0.5) is 0 Å². The maximum atomic E-state index is 10.8. The number of aliphatic carboxylic acids is 1. The smallest absolute Gasteiger partial charge is 0.300 e. The summed E-state index contributed by atoms with van der Waals surface area (Å²) in [5, 5.41) is 21.0. The van der Waals surface area contributed by atoms with Crippen molar-refractivity contribution in [3.63, 3.8) is 0 Å². The molecule has 3 nitrogen and oxygen atoms in total. The molecule has 2 aromatic carbocycles. The van der Waals surface area contributed by atoms with Crippen LogP contribution in [0.2, 0.25) is 12.1 Å². The van der Waals surface area contributed by atoms with Gasteiger partial charge in [0.25, 0.3) is 5.97 Å². The molecular formula is C29H46O3SSi. The van der Waals surface area contributed by atoms with Gasteiger partial charge in [0.1, 0.15) is 5.75 Å². The van der Waals surface area contributed by atoms with Crippen LogP contribution in [0.3, 0.4) is 0 Å². The molecule has 34 heavy (non-hydrogen) atoms. The Hall–Kier alpha value is -1.72. The highest BCUT2D eigenvalue weighted by Crippen LogP contribution is 2.42. The lowest BCUT2D eigenvalue weighted by molar-refractivity contribution is -0.134. The highest BCUT2D eigenvalue weighted by Gasteiger charge is 2.34. The molecule has 0 heterocycles. The van der Waals surface area contributed by atoms with Gasteiger partial charge in [0.2, 0.25) is 0 Å². The van der Waals surface area contributed by atoms with E-state index in [4.69, 9.17) is 9.90 Å². The summed E-state index contributed by atoms with van der Waals surface area (Å²) in [5.74, 6) is -0.398. The molecule has 2 rings (SSSR count). The Labute approximate surface area is 213 Å². The molecule has 0 saturated heterocycles. The van der Waals surface area contributed by atoms with Crippen LogP contribution < -0.4 is 5.19 Å². The molecule has 2 aromatic rings.